The van der Waals surface area contributed by atoms with E-state index >= 15 is 0 Å². The van der Waals surface area contributed by atoms with Gasteiger partial charge in [0, 0.05) is 18.8 Å². The molecule has 1 unspecified atom stereocenters. The molecule has 1 atom stereocenters. The fourth-order valence-corrected chi connectivity index (χ4v) is 3.57. The summed E-state index contributed by atoms with van der Waals surface area (Å²) >= 11 is 1.11. The van der Waals surface area contributed by atoms with Crippen LogP contribution in [0.3, 0.4) is 0 Å². The highest BCUT2D eigenvalue weighted by Crippen LogP contribution is 2.30. The van der Waals surface area contributed by atoms with Crippen molar-refractivity contribution in [1.29, 1.82) is 0 Å². The number of anilines is 2. The van der Waals surface area contributed by atoms with E-state index in [1.165, 1.54) is 23.2 Å². The summed E-state index contributed by atoms with van der Waals surface area (Å²) in [7, 11) is 1.83. The zero-order valence-electron chi connectivity index (χ0n) is 15.0. The van der Waals surface area contributed by atoms with Gasteiger partial charge in [-0.15, -0.1) is 0 Å². The standard InChI is InChI=1S/C18H17FN4O3S2/c1-20-28(25)15-8-4-6-13(10-15)23(2)18(24)22-17-21-11-16(27-17)26-14-7-3-5-12(19)9-14/h3-11,20H,1-2H3,(H,21,22,24). The first kappa shape index (κ1) is 19.9. The molecule has 0 saturated heterocycles. The molecular weight excluding hydrogens is 403 g/mol. The third-order valence-corrected chi connectivity index (χ3v) is 5.47. The Bertz CT molecular complexity index is 1010. The van der Waals surface area contributed by atoms with Crippen LogP contribution in [0.1, 0.15) is 0 Å². The van der Waals surface area contributed by atoms with Gasteiger partial charge in [-0.05, 0) is 37.4 Å². The first-order valence-electron chi connectivity index (χ1n) is 8.09. The maximum Gasteiger partial charge on any atom is 0.327 e. The Morgan fingerprint density at radius 1 is 1.25 bits per heavy atom. The minimum absolute atomic E-state index is 0.332. The highest BCUT2D eigenvalue weighted by atomic mass is 32.2. The average Bonchev–Trinajstić information content (AvgIpc) is 3.13. The molecule has 0 fully saturated rings. The monoisotopic (exact) mass is 420 g/mol. The molecular formula is C18H17FN4O3S2. The number of hydrogen-bond donors (Lipinski definition) is 2. The maximum absolute atomic E-state index is 13.2. The Kier molecular flexibility index (Phi) is 6.34. The lowest BCUT2D eigenvalue weighted by Gasteiger charge is -2.17. The summed E-state index contributed by atoms with van der Waals surface area (Å²) < 4.78 is 33.3. The molecule has 3 aromatic rings. The summed E-state index contributed by atoms with van der Waals surface area (Å²) in [6.45, 7) is 0. The van der Waals surface area contributed by atoms with Crippen LogP contribution < -0.4 is 19.7 Å². The van der Waals surface area contributed by atoms with Gasteiger partial charge in [0.05, 0.1) is 11.1 Å². The van der Waals surface area contributed by atoms with Gasteiger partial charge < -0.3 is 4.74 Å². The fourth-order valence-electron chi connectivity index (χ4n) is 2.23. The van der Waals surface area contributed by atoms with Crippen LogP contribution in [-0.4, -0.2) is 29.3 Å². The van der Waals surface area contributed by atoms with Crippen LogP contribution >= 0.6 is 11.3 Å². The molecule has 2 aromatic carbocycles. The first-order chi connectivity index (χ1) is 13.5. The van der Waals surface area contributed by atoms with Gasteiger partial charge in [-0.2, -0.15) is 0 Å². The number of hydrogen-bond acceptors (Lipinski definition) is 5. The molecule has 0 radical (unpaired) electrons. The first-order valence-corrected chi connectivity index (χ1v) is 10.1. The smallest absolute Gasteiger partial charge is 0.327 e. The minimum Gasteiger partial charge on any atom is -0.445 e. The number of aromatic nitrogens is 1. The second-order valence-corrected chi connectivity index (χ2v) is 7.91. The zero-order valence-corrected chi connectivity index (χ0v) is 16.6. The number of nitrogens with one attached hydrogen (secondary N) is 2. The number of rotatable bonds is 6. The third kappa shape index (κ3) is 4.91. The number of carbonyl (C=O) groups is 1. The molecule has 0 saturated carbocycles. The molecule has 7 nitrogen and oxygen atoms in total. The normalized spacial score (nSPS) is 11.7. The van der Waals surface area contributed by atoms with Crippen molar-refractivity contribution in [2.24, 2.45) is 0 Å². The van der Waals surface area contributed by atoms with Crippen molar-refractivity contribution in [1.82, 2.24) is 9.71 Å². The molecule has 0 aliphatic carbocycles. The van der Waals surface area contributed by atoms with E-state index in [1.54, 1.807) is 50.5 Å². The van der Waals surface area contributed by atoms with Gasteiger partial charge in [0.2, 0.25) is 5.06 Å². The summed E-state index contributed by atoms with van der Waals surface area (Å²) in [4.78, 5) is 18.5. The molecule has 0 spiro atoms. The summed E-state index contributed by atoms with van der Waals surface area (Å²) in [5.41, 5.74) is 0.575. The van der Waals surface area contributed by atoms with Crippen LogP contribution in [0.4, 0.5) is 20.0 Å². The van der Waals surface area contributed by atoms with Crippen molar-refractivity contribution < 1.29 is 18.1 Å². The van der Waals surface area contributed by atoms with Crippen LogP contribution in [0, 0.1) is 5.82 Å². The van der Waals surface area contributed by atoms with E-state index in [1.807, 2.05) is 0 Å². The average molecular weight is 420 g/mol. The molecule has 0 aliphatic heterocycles. The van der Waals surface area contributed by atoms with E-state index < -0.39 is 22.8 Å². The second-order valence-electron chi connectivity index (χ2n) is 5.50. The van der Waals surface area contributed by atoms with Crippen LogP contribution in [0.25, 0.3) is 0 Å². The molecule has 1 aromatic heterocycles. The number of carbonyl (C=O) groups excluding carboxylic acids is 1. The number of ether oxygens (including phenoxy) is 1. The molecule has 10 heteroatoms. The van der Waals surface area contributed by atoms with Gasteiger partial charge >= 0.3 is 6.03 Å². The molecule has 1 heterocycles. The molecule has 2 amide bonds. The van der Waals surface area contributed by atoms with Crippen LogP contribution in [0.2, 0.25) is 0 Å². The van der Waals surface area contributed by atoms with Crippen LogP contribution in [-0.2, 0) is 11.0 Å². The zero-order chi connectivity index (χ0) is 20.1. The lowest BCUT2D eigenvalue weighted by atomic mass is 10.3. The summed E-state index contributed by atoms with van der Waals surface area (Å²) in [6.07, 6.45) is 1.45. The molecule has 3 rings (SSSR count). The van der Waals surface area contributed by atoms with Crippen molar-refractivity contribution in [3.63, 3.8) is 0 Å². The lowest BCUT2D eigenvalue weighted by Crippen LogP contribution is -2.31. The van der Waals surface area contributed by atoms with E-state index in [9.17, 15) is 13.4 Å². The molecule has 28 heavy (non-hydrogen) atoms. The maximum atomic E-state index is 13.2. The van der Waals surface area contributed by atoms with Crippen LogP contribution in [0.5, 0.6) is 10.8 Å². The quantitative estimate of drug-likeness (QED) is 0.632. The summed E-state index contributed by atoms with van der Waals surface area (Å²) in [6, 6.07) is 12.1. The van der Waals surface area contributed by atoms with Crippen LogP contribution in [0.15, 0.2) is 59.6 Å². The molecule has 146 valence electrons. The number of benzene rings is 2. The Labute approximate surface area is 167 Å². The number of nitrogens with zero attached hydrogens (tertiary/aromatic N) is 2. The number of urea groups is 1. The van der Waals surface area contributed by atoms with Crippen molar-refractivity contribution in [2.45, 2.75) is 4.90 Å². The molecule has 0 aliphatic rings. The van der Waals surface area contributed by atoms with E-state index in [4.69, 9.17) is 4.74 Å². The molecule has 2 N–H and O–H groups in total. The minimum atomic E-state index is -1.35. The Morgan fingerprint density at radius 2 is 2.04 bits per heavy atom. The summed E-state index contributed by atoms with van der Waals surface area (Å²) in [5, 5.41) is 3.41. The predicted molar refractivity (Wildman–Crippen MR) is 108 cm³/mol. The number of halogens is 1. The van der Waals surface area contributed by atoms with Gasteiger partial charge in [-0.1, -0.05) is 23.5 Å². The van der Waals surface area contributed by atoms with Gasteiger partial charge in [0.1, 0.15) is 22.6 Å². The Hall–Kier alpha value is -2.82. The highest BCUT2D eigenvalue weighted by molar-refractivity contribution is 7.83. The van der Waals surface area contributed by atoms with E-state index in [-0.39, 0.29) is 0 Å². The predicted octanol–water partition coefficient (Wildman–Crippen LogP) is 3.98. The molecule has 0 bridgehead atoms. The van der Waals surface area contributed by atoms with E-state index in [0.29, 0.717) is 26.5 Å². The fraction of sp³-hybridized carbons (Fsp3) is 0.111. The van der Waals surface area contributed by atoms with Crippen molar-refractivity contribution in [3.05, 3.63) is 60.5 Å². The van der Waals surface area contributed by atoms with Crippen molar-refractivity contribution >= 4 is 39.2 Å². The van der Waals surface area contributed by atoms with E-state index in [0.717, 1.165) is 11.3 Å². The highest BCUT2D eigenvalue weighted by Gasteiger charge is 2.15. The topological polar surface area (TPSA) is 83.6 Å². The van der Waals surface area contributed by atoms with Gasteiger partial charge in [-0.3, -0.25) is 10.2 Å². The largest absolute Gasteiger partial charge is 0.445 e. The third-order valence-electron chi connectivity index (χ3n) is 3.62. The van der Waals surface area contributed by atoms with Crippen molar-refractivity contribution in [3.8, 4) is 10.8 Å². The SMILES string of the molecule is CNS(=O)c1cccc(N(C)C(=O)Nc2ncc(Oc3cccc(F)c3)s2)c1. The van der Waals surface area contributed by atoms with Gasteiger partial charge in [0.15, 0.2) is 5.13 Å². The number of thiazole rings is 1. The number of amides is 2. The van der Waals surface area contributed by atoms with Crippen molar-refractivity contribution in [2.75, 3.05) is 24.3 Å². The second kappa shape index (κ2) is 8.91. The lowest BCUT2D eigenvalue weighted by molar-refractivity contribution is 0.258. The Balaban J connectivity index is 1.66. The Morgan fingerprint density at radius 3 is 2.79 bits per heavy atom. The van der Waals surface area contributed by atoms with Gasteiger partial charge in [-0.25, -0.2) is 23.1 Å². The van der Waals surface area contributed by atoms with E-state index in [2.05, 4.69) is 15.0 Å². The summed E-state index contributed by atoms with van der Waals surface area (Å²) in [5.74, 6) is -0.0633. The van der Waals surface area contributed by atoms with Gasteiger partial charge in [0.25, 0.3) is 0 Å².